The standard InChI is InChI=1S/C10H14O4/c1-4-7-8(11)13-10(5-2,6-3)14-9(7)12/h4H,5-6H2,1-3H3. The number of cyclic esters (lactones) is 2. The van der Waals surface area contributed by atoms with Crippen LogP contribution in [0.3, 0.4) is 0 Å². The first kappa shape index (κ1) is 10.8. The van der Waals surface area contributed by atoms with Crippen molar-refractivity contribution < 1.29 is 19.1 Å². The SMILES string of the molecule is CC=C1C(=O)OC(CC)(CC)OC1=O. The zero-order valence-electron chi connectivity index (χ0n) is 8.62. The molecule has 4 nitrogen and oxygen atoms in total. The van der Waals surface area contributed by atoms with E-state index in [0.29, 0.717) is 12.8 Å². The van der Waals surface area contributed by atoms with Crippen LogP contribution in [0.5, 0.6) is 0 Å². The van der Waals surface area contributed by atoms with Crippen LogP contribution in [-0.4, -0.2) is 17.7 Å². The molecule has 0 spiro atoms. The van der Waals surface area contributed by atoms with Gasteiger partial charge in [-0.05, 0) is 6.92 Å². The Hall–Kier alpha value is -1.32. The number of rotatable bonds is 2. The fourth-order valence-electron chi connectivity index (χ4n) is 1.33. The van der Waals surface area contributed by atoms with Gasteiger partial charge in [-0.2, -0.15) is 0 Å². The van der Waals surface area contributed by atoms with Crippen LogP contribution in [0.15, 0.2) is 11.6 Å². The zero-order chi connectivity index (χ0) is 10.8. The van der Waals surface area contributed by atoms with Crippen molar-refractivity contribution in [1.29, 1.82) is 0 Å². The Balaban J connectivity index is 2.95. The summed E-state index contributed by atoms with van der Waals surface area (Å²) in [4.78, 5) is 22.8. The molecule has 0 aromatic carbocycles. The highest BCUT2D eigenvalue weighted by Gasteiger charge is 2.43. The molecule has 0 bridgehead atoms. The average Bonchev–Trinajstić information content (AvgIpc) is 2.17. The van der Waals surface area contributed by atoms with Crippen molar-refractivity contribution in [2.75, 3.05) is 0 Å². The van der Waals surface area contributed by atoms with E-state index < -0.39 is 17.7 Å². The molecule has 1 aliphatic rings. The van der Waals surface area contributed by atoms with E-state index in [9.17, 15) is 9.59 Å². The monoisotopic (exact) mass is 198 g/mol. The molecule has 0 atom stereocenters. The van der Waals surface area contributed by atoms with Gasteiger partial charge in [-0.1, -0.05) is 19.9 Å². The third-order valence-electron chi connectivity index (χ3n) is 2.36. The minimum Gasteiger partial charge on any atom is -0.419 e. The van der Waals surface area contributed by atoms with E-state index in [1.807, 2.05) is 13.8 Å². The summed E-state index contributed by atoms with van der Waals surface area (Å²) in [6, 6.07) is 0. The van der Waals surface area contributed by atoms with E-state index in [2.05, 4.69) is 0 Å². The molecule has 0 unspecified atom stereocenters. The number of carbonyl (C=O) groups excluding carboxylic acids is 2. The second-order valence-corrected chi connectivity index (χ2v) is 3.10. The highest BCUT2D eigenvalue weighted by atomic mass is 16.7. The summed E-state index contributed by atoms with van der Waals surface area (Å²) in [7, 11) is 0. The smallest absolute Gasteiger partial charge is 0.348 e. The van der Waals surface area contributed by atoms with Crippen molar-refractivity contribution in [3.63, 3.8) is 0 Å². The second-order valence-electron chi connectivity index (χ2n) is 3.10. The molecule has 1 fully saturated rings. The minimum absolute atomic E-state index is 0.0254. The molecule has 0 N–H and O–H groups in total. The number of carbonyl (C=O) groups is 2. The normalized spacial score (nSPS) is 20.1. The van der Waals surface area contributed by atoms with E-state index in [1.165, 1.54) is 6.08 Å². The molecule has 1 aliphatic heterocycles. The summed E-state index contributed by atoms with van der Waals surface area (Å²) in [5.41, 5.74) is -0.0254. The van der Waals surface area contributed by atoms with E-state index in [-0.39, 0.29) is 5.57 Å². The summed E-state index contributed by atoms with van der Waals surface area (Å²) in [6.07, 6.45) is 2.34. The summed E-state index contributed by atoms with van der Waals surface area (Å²) < 4.78 is 10.2. The minimum atomic E-state index is -1.05. The van der Waals surface area contributed by atoms with Crippen molar-refractivity contribution in [1.82, 2.24) is 0 Å². The van der Waals surface area contributed by atoms with Crippen molar-refractivity contribution >= 4 is 11.9 Å². The number of esters is 2. The lowest BCUT2D eigenvalue weighted by atomic mass is 10.1. The van der Waals surface area contributed by atoms with Gasteiger partial charge in [0.05, 0.1) is 0 Å². The molecule has 1 rings (SSSR count). The summed E-state index contributed by atoms with van der Waals surface area (Å²) in [6.45, 7) is 5.22. The maximum Gasteiger partial charge on any atom is 0.348 e. The predicted octanol–water partition coefficient (Wildman–Crippen LogP) is 1.55. The van der Waals surface area contributed by atoms with Crippen molar-refractivity contribution in [3.8, 4) is 0 Å². The zero-order valence-corrected chi connectivity index (χ0v) is 8.62. The molecule has 4 heteroatoms. The van der Waals surface area contributed by atoms with Gasteiger partial charge in [-0.25, -0.2) is 9.59 Å². The Labute approximate surface area is 82.9 Å². The van der Waals surface area contributed by atoms with Crippen molar-refractivity contribution in [3.05, 3.63) is 11.6 Å². The van der Waals surface area contributed by atoms with E-state index in [1.54, 1.807) is 6.92 Å². The Morgan fingerprint density at radius 3 is 1.86 bits per heavy atom. The van der Waals surface area contributed by atoms with Crippen LogP contribution in [0.4, 0.5) is 0 Å². The van der Waals surface area contributed by atoms with Gasteiger partial charge in [-0.3, -0.25) is 0 Å². The van der Waals surface area contributed by atoms with Gasteiger partial charge in [-0.15, -0.1) is 0 Å². The highest BCUT2D eigenvalue weighted by molar-refractivity contribution is 6.15. The van der Waals surface area contributed by atoms with Crippen LogP contribution >= 0.6 is 0 Å². The molecule has 0 aromatic rings. The first-order valence-corrected chi connectivity index (χ1v) is 4.71. The largest absolute Gasteiger partial charge is 0.419 e. The molecule has 1 heterocycles. The molecule has 0 saturated carbocycles. The van der Waals surface area contributed by atoms with Gasteiger partial charge in [0.15, 0.2) is 0 Å². The summed E-state index contributed by atoms with van der Waals surface area (Å²) in [5, 5.41) is 0. The van der Waals surface area contributed by atoms with Crippen LogP contribution in [0.2, 0.25) is 0 Å². The third-order valence-corrected chi connectivity index (χ3v) is 2.36. The third kappa shape index (κ3) is 1.64. The Bertz CT molecular complexity index is 264. The van der Waals surface area contributed by atoms with Crippen LogP contribution in [0.1, 0.15) is 33.6 Å². The van der Waals surface area contributed by atoms with Gasteiger partial charge in [0.2, 0.25) is 0 Å². The Morgan fingerprint density at radius 2 is 1.57 bits per heavy atom. The van der Waals surface area contributed by atoms with Gasteiger partial charge < -0.3 is 9.47 Å². The first-order valence-electron chi connectivity index (χ1n) is 4.71. The Kier molecular flexibility index (Phi) is 2.93. The van der Waals surface area contributed by atoms with E-state index in [0.717, 1.165) is 0 Å². The fraction of sp³-hybridized carbons (Fsp3) is 0.600. The number of hydrogen-bond acceptors (Lipinski definition) is 4. The lowest BCUT2D eigenvalue weighted by Gasteiger charge is -2.34. The van der Waals surface area contributed by atoms with E-state index >= 15 is 0 Å². The van der Waals surface area contributed by atoms with Crippen LogP contribution < -0.4 is 0 Å². The molecule has 78 valence electrons. The molecular weight excluding hydrogens is 184 g/mol. The average molecular weight is 198 g/mol. The molecule has 1 saturated heterocycles. The van der Waals surface area contributed by atoms with Gasteiger partial charge >= 0.3 is 11.9 Å². The molecule has 0 aliphatic carbocycles. The van der Waals surface area contributed by atoms with Gasteiger partial charge in [0.25, 0.3) is 5.79 Å². The van der Waals surface area contributed by atoms with Crippen LogP contribution in [0.25, 0.3) is 0 Å². The van der Waals surface area contributed by atoms with Gasteiger partial charge in [0, 0.05) is 12.8 Å². The van der Waals surface area contributed by atoms with E-state index in [4.69, 9.17) is 9.47 Å². The molecule has 0 radical (unpaired) electrons. The predicted molar refractivity (Wildman–Crippen MR) is 49.3 cm³/mol. The topological polar surface area (TPSA) is 52.6 Å². The fourth-order valence-corrected chi connectivity index (χ4v) is 1.33. The molecule has 0 aromatic heterocycles. The summed E-state index contributed by atoms with van der Waals surface area (Å²) in [5.74, 6) is -2.24. The maximum atomic E-state index is 11.4. The van der Waals surface area contributed by atoms with Gasteiger partial charge in [0.1, 0.15) is 5.57 Å². The van der Waals surface area contributed by atoms with Crippen LogP contribution in [-0.2, 0) is 19.1 Å². The maximum absolute atomic E-state index is 11.4. The van der Waals surface area contributed by atoms with Crippen molar-refractivity contribution in [2.24, 2.45) is 0 Å². The Morgan fingerprint density at radius 1 is 1.14 bits per heavy atom. The van der Waals surface area contributed by atoms with Crippen LogP contribution in [0, 0.1) is 0 Å². The number of hydrogen-bond donors (Lipinski definition) is 0. The lowest BCUT2D eigenvalue weighted by molar-refractivity contribution is -0.237. The molecule has 0 amide bonds. The molecule has 14 heavy (non-hydrogen) atoms. The summed E-state index contributed by atoms with van der Waals surface area (Å²) >= 11 is 0. The number of allylic oxidation sites excluding steroid dienone is 1. The quantitative estimate of drug-likeness (QED) is 0.384. The van der Waals surface area contributed by atoms with Crippen molar-refractivity contribution in [2.45, 2.75) is 39.4 Å². The molecular formula is C10H14O4. The first-order chi connectivity index (χ1) is 6.58. The number of ether oxygens (including phenoxy) is 2. The highest BCUT2D eigenvalue weighted by Crippen LogP contribution is 2.29. The second kappa shape index (κ2) is 3.82. The lowest BCUT2D eigenvalue weighted by Crippen LogP contribution is -2.45.